The minimum Gasteiger partial charge on any atom is -0.505 e. The van der Waals surface area contributed by atoms with Crippen LogP contribution >= 0.6 is 0 Å². The van der Waals surface area contributed by atoms with Gasteiger partial charge < -0.3 is 14.6 Å². The smallest absolute Gasteiger partial charge is 0.342 e. The molecule has 184 valence electrons. The Bertz CT molecular complexity index is 1300. The molecule has 3 aromatic carbocycles. The van der Waals surface area contributed by atoms with E-state index in [4.69, 9.17) is 14.5 Å². The molecule has 0 bridgehead atoms. The molecule has 0 fully saturated rings. The maximum absolute atomic E-state index is 13.1. The fourth-order valence-corrected chi connectivity index (χ4v) is 4.11. The largest absolute Gasteiger partial charge is 0.505 e. The highest BCUT2D eigenvalue weighted by Crippen LogP contribution is 2.30. The number of benzene rings is 3. The molecule has 5 nitrogen and oxygen atoms in total. The van der Waals surface area contributed by atoms with Gasteiger partial charge in [-0.3, -0.25) is 4.98 Å². The van der Waals surface area contributed by atoms with Crippen molar-refractivity contribution in [2.75, 3.05) is 6.61 Å². The van der Waals surface area contributed by atoms with E-state index >= 15 is 0 Å². The molecular weight excluding hydrogens is 450 g/mol. The molecule has 0 amide bonds. The average molecular weight is 482 g/mol. The molecule has 5 heteroatoms. The average Bonchev–Trinajstić information content (AvgIpc) is 2.89. The maximum atomic E-state index is 13.1. The van der Waals surface area contributed by atoms with Crippen LogP contribution in [0.25, 0.3) is 0 Å². The van der Waals surface area contributed by atoms with Crippen molar-refractivity contribution >= 4 is 5.97 Å². The molecule has 0 aliphatic carbocycles. The highest BCUT2D eigenvalue weighted by Gasteiger charge is 2.23. The van der Waals surface area contributed by atoms with Gasteiger partial charge >= 0.3 is 5.97 Å². The molecule has 0 aliphatic rings. The summed E-state index contributed by atoms with van der Waals surface area (Å²) in [7, 11) is 0. The number of para-hydroxylation sites is 1. The van der Waals surface area contributed by atoms with E-state index in [2.05, 4.69) is 0 Å². The molecule has 0 spiro atoms. The highest BCUT2D eigenvalue weighted by atomic mass is 16.5. The van der Waals surface area contributed by atoms with Crippen LogP contribution in [0.4, 0.5) is 0 Å². The van der Waals surface area contributed by atoms with Crippen LogP contribution in [0.3, 0.4) is 0 Å². The quantitative estimate of drug-likeness (QED) is 0.251. The van der Waals surface area contributed by atoms with E-state index < -0.39 is 5.97 Å². The number of pyridine rings is 1. The zero-order valence-corrected chi connectivity index (χ0v) is 20.7. The summed E-state index contributed by atoms with van der Waals surface area (Å²) in [6.45, 7) is 4.07. The maximum Gasteiger partial charge on any atom is 0.342 e. The lowest BCUT2D eigenvalue weighted by Gasteiger charge is -2.16. The van der Waals surface area contributed by atoms with E-state index in [9.17, 15) is 9.90 Å². The number of hydrogen-bond donors (Lipinski definition) is 1. The summed E-state index contributed by atoms with van der Waals surface area (Å²) in [6.07, 6.45) is 2.48. The van der Waals surface area contributed by atoms with Crippen molar-refractivity contribution in [3.8, 4) is 17.2 Å². The Morgan fingerprint density at radius 3 is 2.22 bits per heavy atom. The molecule has 0 aliphatic heterocycles. The third-order valence-electron chi connectivity index (χ3n) is 5.99. The summed E-state index contributed by atoms with van der Waals surface area (Å²) >= 11 is 0. The van der Waals surface area contributed by atoms with Crippen LogP contribution in [0.15, 0.2) is 84.9 Å². The van der Waals surface area contributed by atoms with Gasteiger partial charge in [-0.1, -0.05) is 74.0 Å². The van der Waals surface area contributed by atoms with Crippen LogP contribution < -0.4 is 4.74 Å². The van der Waals surface area contributed by atoms with Crippen LogP contribution in [0.2, 0.25) is 0 Å². The minimum atomic E-state index is -0.525. The summed E-state index contributed by atoms with van der Waals surface area (Å²) in [6, 6.07) is 27.3. The third kappa shape index (κ3) is 6.30. The lowest BCUT2D eigenvalue weighted by atomic mass is 9.98. The van der Waals surface area contributed by atoms with Gasteiger partial charge in [-0.15, -0.1) is 0 Å². The van der Waals surface area contributed by atoms with Crippen molar-refractivity contribution in [2.45, 2.75) is 39.5 Å². The number of carbonyl (C=O) groups is 1. The summed E-state index contributed by atoms with van der Waals surface area (Å²) in [5.41, 5.74) is 4.18. The number of aromatic hydroxyl groups is 1. The van der Waals surface area contributed by atoms with Gasteiger partial charge in [0.2, 0.25) is 0 Å². The number of rotatable bonds is 10. The Balaban J connectivity index is 1.56. The lowest BCUT2D eigenvalue weighted by Crippen LogP contribution is -2.14. The highest BCUT2D eigenvalue weighted by molar-refractivity contribution is 5.94. The standard InChI is InChI=1S/C31H31NO4/c1-3-11-27-30(33)29(31(34)35-19-18-23-12-6-4-7-13-23)22(2)28(32-27)21-24-14-10-17-26(20-24)36-25-15-8-5-9-16-25/h4-10,12-17,20,33H,3,11,18-19,21H2,1-2H3. The second-order valence-electron chi connectivity index (χ2n) is 8.71. The molecule has 0 saturated carbocycles. The van der Waals surface area contributed by atoms with Crippen LogP contribution in [0, 0.1) is 6.92 Å². The fraction of sp³-hybridized carbons (Fsp3) is 0.226. The second-order valence-corrected chi connectivity index (χ2v) is 8.71. The minimum absolute atomic E-state index is 0.0797. The van der Waals surface area contributed by atoms with Crippen LogP contribution in [0.5, 0.6) is 17.2 Å². The molecule has 4 aromatic rings. The number of ether oxygens (including phenoxy) is 2. The molecule has 1 heterocycles. The molecule has 0 radical (unpaired) electrons. The van der Waals surface area contributed by atoms with Gasteiger partial charge in [-0.05, 0) is 54.3 Å². The van der Waals surface area contributed by atoms with Crippen molar-refractivity contribution in [3.05, 3.63) is 119 Å². The Hall–Kier alpha value is -4.12. The molecular formula is C31H31NO4. The van der Waals surface area contributed by atoms with Crippen LogP contribution in [0.1, 0.15) is 51.8 Å². The number of carbonyl (C=O) groups excluding carboxylic acids is 1. The summed E-state index contributed by atoms with van der Waals surface area (Å²) in [4.78, 5) is 17.8. The Kier molecular flexibility index (Phi) is 8.35. The van der Waals surface area contributed by atoms with Crippen molar-refractivity contribution in [3.63, 3.8) is 0 Å². The topological polar surface area (TPSA) is 68.7 Å². The Labute approximate surface area is 212 Å². The first-order valence-corrected chi connectivity index (χ1v) is 12.3. The third-order valence-corrected chi connectivity index (χ3v) is 5.99. The monoisotopic (exact) mass is 481 g/mol. The lowest BCUT2D eigenvalue weighted by molar-refractivity contribution is 0.0504. The van der Waals surface area contributed by atoms with E-state index in [1.807, 2.05) is 98.8 Å². The fourth-order valence-electron chi connectivity index (χ4n) is 4.11. The van der Waals surface area contributed by atoms with Gasteiger partial charge in [0.15, 0.2) is 5.75 Å². The van der Waals surface area contributed by atoms with Crippen molar-refractivity contribution in [2.24, 2.45) is 0 Å². The van der Waals surface area contributed by atoms with E-state index in [-0.39, 0.29) is 17.9 Å². The summed E-state index contributed by atoms with van der Waals surface area (Å²) in [5.74, 6) is 0.885. The van der Waals surface area contributed by atoms with Gasteiger partial charge in [-0.25, -0.2) is 4.79 Å². The van der Waals surface area contributed by atoms with Gasteiger partial charge in [0.25, 0.3) is 0 Å². The first kappa shape index (κ1) is 25.0. The second kappa shape index (κ2) is 12.0. The van der Waals surface area contributed by atoms with Gasteiger partial charge in [0, 0.05) is 18.5 Å². The molecule has 1 aromatic heterocycles. The summed E-state index contributed by atoms with van der Waals surface area (Å²) in [5, 5.41) is 10.9. The zero-order valence-electron chi connectivity index (χ0n) is 20.7. The summed E-state index contributed by atoms with van der Waals surface area (Å²) < 4.78 is 11.5. The van der Waals surface area contributed by atoms with Gasteiger partial charge in [0.05, 0.1) is 12.3 Å². The number of nitrogens with zero attached hydrogens (tertiary/aromatic N) is 1. The number of hydrogen-bond acceptors (Lipinski definition) is 5. The Morgan fingerprint density at radius 2 is 1.50 bits per heavy atom. The molecule has 0 unspecified atom stereocenters. The van der Waals surface area contributed by atoms with Crippen molar-refractivity contribution in [1.82, 2.24) is 4.98 Å². The number of aromatic nitrogens is 1. The number of aryl methyl sites for hydroxylation is 1. The predicted molar refractivity (Wildman–Crippen MR) is 141 cm³/mol. The van der Waals surface area contributed by atoms with E-state index in [0.29, 0.717) is 30.5 Å². The van der Waals surface area contributed by atoms with E-state index in [1.54, 1.807) is 0 Å². The van der Waals surface area contributed by atoms with E-state index in [0.717, 1.165) is 34.7 Å². The molecule has 4 rings (SSSR count). The first-order valence-electron chi connectivity index (χ1n) is 12.3. The van der Waals surface area contributed by atoms with Gasteiger partial charge in [-0.2, -0.15) is 0 Å². The van der Waals surface area contributed by atoms with E-state index in [1.165, 1.54) is 0 Å². The normalized spacial score (nSPS) is 10.7. The van der Waals surface area contributed by atoms with Gasteiger partial charge in [0.1, 0.15) is 17.1 Å². The van der Waals surface area contributed by atoms with Crippen molar-refractivity contribution in [1.29, 1.82) is 0 Å². The van der Waals surface area contributed by atoms with Crippen LogP contribution in [-0.2, 0) is 24.0 Å². The molecule has 36 heavy (non-hydrogen) atoms. The molecule has 0 atom stereocenters. The van der Waals surface area contributed by atoms with Crippen LogP contribution in [-0.4, -0.2) is 22.7 Å². The Morgan fingerprint density at radius 1 is 0.833 bits per heavy atom. The molecule has 0 saturated heterocycles. The predicted octanol–water partition coefficient (Wildman–Crippen LogP) is 6.83. The molecule has 1 N–H and O–H groups in total. The van der Waals surface area contributed by atoms with Crippen molar-refractivity contribution < 1.29 is 19.4 Å². The number of esters is 1. The SMILES string of the molecule is CCCc1nc(Cc2cccc(Oc3ccccc3)c2)c(C)c(C(=O)OCCc2ccccc2)c1O. The zero-order chi connectivity index (χ0) is 25.3. The first-order chi connectivity index (χ1) is 17.5.